The molecular weight excluding hydrogens is 264 g/mol. The Morgan fingerprint density at radius 3 is 2.20 bits per heavy atom. The number of carboxylic acids is 1. The van der Waals surface area contributed by atoms with Gasteiger partial charge in [0.1, 0.15) is 0 Å². The van der Waals surface area contributed by atoms with Crippen LogP contribution in [-0.4, -0.2) is 57.7 Å². The summed E-state index contributed by atoms with van der Waals surface area (Å²) in [6, 6.07) is -0.119. The molecular formula is C13H20N2O5. The lowest BCUT2D eigenvalue weighted by Gasteiger charge is -2.27. The largest absolute Gasteiger partial charge is 0.481 e. The molecule has 0 saturated carbocycles. The minimum absolute atomic E-state index is 0.0370. The predicted octanol–water partition coefficient (Wildman–Crippen LogP) is 0.237. The van der Waals surface area contributed by atoms with E-state index in [1.165, 1.54) is 4.90 Å². The van der Waals surface area contributed by atoms with Gasteiger partial charge in [0.25, 0.3) is 0 Å². The lowest BCUT2D eigenvalue weighted by molar-refractivity contribution is -0.139. The molecule has 0 aliphatic carbocycles. The SMILES string of the molecule is CC(C)N(CCC(=O)O)C(=O)CCN1C(=O)CCC1=O. The molecule has 0 spiro atoms. The number of nitrogens with zero attached hydrogens (tertiary/aromatic N) is 2. The molecule has 0 bridgehead atoms. The van der Waals surface area contributed by atoms with Crippen LogP contribution in [-0.2, 0) is 19.2 Å². The van der Waals surface area contributed by atoms with E-state index >= 15 is 0 Å². The van der Waals surface area contributed by atoms with Gasteiger partial charge in [-0.15, -0.1) is 0 Å². The number of aliphatic carboxylic acids is 1. The van der Waals surface area contributed by atoms with E-state index in [1.807, 2.05) is 0 Å². The molecule has 1 saturated heterocycles. The van der Waals surface area contributed by atoms with Gasteiger partial charge in [0, 0.05) is 38.4 Å². The number of carbonyl (C=O) groups excluding carboxylic acids is 3. The third kappa shape index (κ3) is 4.32. The van der Waals surface area contributed by atoms with Crippen LogP contribution in [0.2, 0.25) is 0 Å². The van der Waals surface area contributed by atoms with Crippen molar-refractivity contribution < 1.29 is 24.3 Å². The quantitative estimate of drug-likeness (QED) is 0.676. The molecule has 0 atom stereocenters. The van der Waals surface area contributed by atoms with Gasteiger partial charge in [0.2, 0.25) is 17.7 Å². The van der Waals surface area contributed by atoms with Crippen LogP contribution in [0, 0.1) is 0 Å². The number of carboxylic acid groups (broad SMARTS) is 1. The van der Waals surface area contributed by atoms with Crippen LogP contribution in [0.1, 0.15) is 39.5 Å². The Balaban J connectivity index is 2.51. The molecule has 0 aromatic carbocycles. The van der Waals surface area contributed by atoms with Crippen LogP contribution in [0.15, 0.2) is 0 Å². The van der Waals surface area contributed by atoms with Crippen LogP contribution >= 0.6 is 0 Å². The van der Waals surface area contributed by atoms with Crippen LogP contribution in [0.5, 0.6) is 0 Å². The molecule has 0 aromatic heterocycles. The third-order valence-corrected chi connectivity index (χ3v) is 3.21. The summed E-state index contributed by atoms with van der Waals surface area (Å²) in [6.07, 6.45) is 0.334. The summed E-state index contributed by atoms with van der Waals surface area (Å²) in [7, 11) is 0. The third-order valence-electron chi connectivity index (χ3n) is 3.21. The van der Waals surface area contributed by atoms with Gasteiger partial charge in [0.05, 0.1) is 6.42 Å². The Bertz CT molecular complexity index is 403. The van der Waals surface area contributed by atoms with Crippen molar-refractivity contribution in [3.05, 3.63) is 0 Å². The van der Waals surface area contributed by atoms with Gasteiger partial charge < -0.3 is 10.0 Å². The summed E-state index contributed by atoms with van der Waals surface area (Å²) in [4.78, 5) is 48.0. The molecule has 0 aromatic rings. The summed E-state index contributed by atoms with van der Waals surface area (Å²) in [5.74, 6) is -1.70. The van der Waals surface area contributed by atoms with Gasteiger partial charge in [-0.25, -0.2) is 0 Å². The van der Waals surface area contributed by atoms with Crippen LogP contribution < -0.4 is 0 Å². The topological polar surface area (TPSA) is 95.0 Å². The minimum Gasteiger partial charge on any atom is -0.481 e. The normalized spacial score (nSPS) is 15.1. The van der Waals surface area contributed by atoms with Crippen LogP contribution in [0.4, 0.5) is 0 Å². The zero-order valence-electron chi connectivity index (χ0n) is 11.8. The average Bonchev–Trinajstić information content (AvgIpc) is 2.66. The highest BCUT2D eigenvalue weighted by Crippen LogP contribution is 2.13. The van der Waals surface area contributed by atoms with Gasteiger partial charge in [0.15, 0.2) is 0 Å². The first-order chi connectivity index (χ1) is 9.32. The van der Waals surface area contributed by atoms with Crippen molar-refractivity contribution in [1.82, 2.24) is 9.80 Å². The Labute approximate surface area is 117 Å². The molecule has 1 aliphatic heterocycles. The van der Waals surface area contributed by atoms with Crippen molar-refractivity contribution in [2.75, 3.05) is 13.1 Å². The van der Waals surface area contributed by atoms with Crippen molar-refractivity contribution in [2.24, 2.45) is 0 Å². The van der Waals surface area contributed by atoms with E-state index in [2.05, 4.69) is 0 Å². The molecule has 1 rings (SSSR count). The zero-order valence-corrected chi connectivity index (χ0v) is 11.8. The number of rotatable bonds is 7. The van der Waals surface area contributed by atoms with E-state index in [9.17, 15) is 19.2 Å². The number of hydrogen-bond acceptors (Lipinski definition) is 4. The lowest BCUT2D eigenvalue weighted by atomic mass is 10.2. The second-order valence-electron chi connectivity index (χ2n) is 5.01. The molecule has 0 unspecified atom stereocenters. The van der Waals surface area contributed by atoms with E-state index in [0.717, 1.165) is 4.90 Å². The van der Waals surface area contributed by atoms with E-state index < -0.39 is 5.97 Å². The lowest BCUT2D eigenvalue weighted by Crippen LogP contribution is -2.41. The maximum absolute atomic E-state index is 12.1. The van der Waals surface area contributed by atoms with Gasteiger partial charge in [-0.3, -0.25) is 24.1 Å². The predicted molar refractivity (Wildman–Crippen MR) is 69.7 cm³/mol. The molecule has 7 nitrogen and oxygen atoms in total. The Kier molecular flexibility index (Phi) is 5.66. The summed E-state index contributed by atoms with van der Waals surface area (Å²) in [5.41, 5.74) is 0. The highest BCUT2D eigenvalue weighted by molar-refractivity contribution is 6.02. The number of carbonyl (C=O) groups is 4. The highest BCUT2D eigenvalue weighted by atomic mass is 16.4. The summed E-state index contributed by atoms with van der Waals surface area (Å²) in [6.45, 7) is 3.80. The second kappa shape index (κ2) is 7.02. The van der Waals surface area contributed by atoms with Crippen LogP contribution in [0.3, 0.4) is 0 Å². The van der Waals surface area contributed by atoms with E-state index in [4.69, 9.17) is 5.11 Å². The molecule has 3 amide bonds. The standard InChI is InChI=1S/C13H20N2O5/c1-9(2)14(8-6-13(19)20)12(18)5-7-15-10(16)3-4-11(15)17/h9H,3-8H2,1-2H3,(H,19,20). The smallest absolute Gasteiger partial charge is 0.305 e. The fourth-order valence-corrected chi connectivity index (χ4v) is 2.11. The van der Waals surface area contributed by atoms with Crippen molar-refractivity contribution >= 4 is 23.7 Å². The van der Waals surface area contributed by atoms with Gasteiger partial charge in [-0.2, -0.15) is 0 Å². The average molecular weight is 284 g/mol. The number of amides is 3. The van der Waals surface area contributed by atoms with Crippen molar-refractivity contribution in [2.45, 2.75) is 45.6 Å². The Hall–Kier alpha value is -1.92. The zero-order chi connectivity index (χ0) is 15.3. The fraction of sp³-hybridized carbons (Fsp3) is 0.692. The van der Waals surface area contributed by atoms with Gasteiger partial charge in [-0.1, -0.05) is 0 Å². The first-order valence-corrected chi connectivity index (χ1v) is 6.67. The molecule has 1 aliphatic rings. The van der Waals surface area contributed by atoms with Crippen molar-refractivity contribution in [3.63, 3.8) is 0 Å². The molecule has 1 fully saturated rings. The highest BCUT2D eigenvalue weighted by Gasteiger charge is 2.29. The first kappa shape index (κ1) is 16.1. The molecule has 0 radical (unpaired) electrons. The molecule has 20 heavy (non-hydrogen) atoms. The Morgan fingerprint density at radius 2 is 1.75 bits per heavy atom. The summed E-state index contributed by atoms with van der Waals surface area (Å²) < 4.78 is 0. The van der Waals surface area contributed by atoms with E-state index in [1.54, 1.807) is 13.8 Å². The second-order valence-corrected chi connectivity index (χ2v) is 5.01. The van der Waals surface area contributed by atoms with Crippen molar-refractivity contribution in [3.8, 4) is 0 Å². The van der Waals surface area contributed by atoms with Crippen LogP contribution in [0.25, 0.3) is 0 Å². The minimum atomic E-state index is -0.964. The van der Waals surface area contributed by atoms with E-state index in [-0.39, 0.29) is 62.5 Å². The monoisotopic (exact) mass is 284 g/mol. The molecule has 112 valence electrons. The Morgan fingerprint density at radius 1 is 1.20 bits per heavy atom. The molecule has 1 heterocycles. The number of likely N-dealkylation sites (tertiary alicyclic amines) is 1. The molecule has 1 N–H and O–H groups in total. The first-order valence-electron chi connectivity index (χ1n) is 6.67. The summed E-state index contributed by atoms with van der Waals surface area (Å²) >= 11 is 0. The maximum atomic E-state index is 12.1. The molecule has 7 heteroatoms. The fourth-order valence-electron chi connectivity index (χ4n) is 2.11. The van der Waals surface area contributed by atoms with Crippen molar-refractivity contribution in [1.29, 1.82) is 0 Å². The van der Waals surface area contributed by atoms with E-state index in [0.29, 0.717) is 0 Å². The maximum Gasteiger partial charge on any atom is 0.305 e. The van der Waals surface area contributed by atoms with Gasteiger partial charge >= 0.3 is 5.97 Å². The summed E-state index contributed by atoms with van der Waals surface area (Å²) in [5, 5.41) is 8.66. The number of imide groups is 1. The number of hydrogen-bond donors (Lipinski definition) is 1. The van der Waals surface area contributed by atoms with Gasteiger partial charge in [-0.05, 0) is 13.8 Å².